The number of nitrogens with zero attached hydrogens (tertiary/aromatic N) is 3. The number of ether oxygens (including phenoxy) is 2. The number of carbonyl (C=O) groups is 1. The Bertz CT molecular complexity index is 702. The highest BCUT2D eigenvalue weighted by molar-refractivity contribution is 5.72. The van der Waals surface area contributed by atoms with E-state index in [2.05, 4.69) is 16.1 Å². The number of fused-ring (bicyclic) bond motifs is 1. The molecule has 0 aromatic carbocycles. The Morgan fingerprint density at radius 2 is 2.04 bits per heavy atom. The molecule has 2 aromatic heterocycles. The monoisotopic (exact) mass is 317 g/mol. The van der Waals surface area contributed by atoms with Crippen molar-refractivity contribution >= 4 is 11.6 Å². The molecule has 2 heterocycles. The van der Waals surface area contributed by atoms with Crippen LogP contribution in [-0.4, -0.2) is 34.8 Å². The van der Waals surface area contributed by atoms with Crippen molar-refractivity contribution in [3.8, 4) is 5.75 Å². The van der Waals surface area contributed by atoms with Crippen LogP contribution in [0.1, 0.15) is 37.1 Å². The van der Waals surface area contributed by atoms with Gasteiger partial charge < -0.3 is 9.47 Å². The summed E-state index contributed by atoms with van der Waals surface area (Å²) < 4.78 is 12.1. The third-order valence-electron chi connectivity index (χ3n) is 4.69. The highest BCUT2D eigenvalue weighted by atomic mass is 16.5. The van der Waals surface area contributed by atoms with Crippen LogP contribution in [0, 0.1) is 18.8 Å². The molecule has 0 atom stereocenters. The summed E-state index contributed by atoms with van der Waals surface area (Å²) in [5, 5.41) is 4.39. The van der Waals surface area contributed by atoms with Gasteiger partial charge in [-0.3, -0.25) is 4.79 Å². The zero-order valence-corrected chi connectivity index (χ0v) is 13.9. The molecule has 0 bridgehead atoms. The van der Waals surface area contributed by atoms with E-state index in [0.29, 0.717) is 5.92 Å². The summed E-state index contributed by atoms with van der Waals surface area (Å²) in [6, 6.07) is 2.05. The van der Waals surface area contributed by atoms with E-state index in [-0.39, 0.29) is 11.9 Å². The Kier molecular flexibility index (Phi) is 4.50. The van der Waals surface area contributed by atoms with Crippen molar-refractivity contribution in [2.24, 2.45) is 11.8 Å². The average molecular weight is 317 g/mol. The van der Waals surface area contributed by atoms with E-state index in [1.807, 2.05) is 13.1 Å². The van der Waals surface area contributed by atoms with Gasteiger partial charge >= 0.3 is 5.97 Å². The molecule has 0 unspecified atom stereocenters. The average Bonchev–Trinajstić information content (AvgIpc) is 2.94. The molecule has 0 spiro atoms. The molecular formula is C17H23N3O3. The fourth-order valence-corrected chi connectivity index (χ4v) is 3.48. The van der Waals surface area contributed by atoms with Gasteiger partial charge in [-0.05, 0) is 56.6 Å². The van der Waals surface area contributed by atoms with Crippen LogP contribution in [0.2, 0.25) is 0 Å². The standard InChI is InChI=1S/C17H23N3O3/c1-11-18-16-15(22-2)9-13(10-20(16)19-11)8-12-4-6-14(7-5-12)17(21)23-3/h9-10,12,14H,4-8H2,1-3H3. The molecule has 1 fully saturated rings. The van der Waals surface area contributed by atoms with Crippen LogP contribution in [0.15, 0.2) is 12.3 Å². The number of aromatic nitrogens is 3. The molecule has 1 saturated carbocycles. The zero-order chi connectivity index (χ0) is 16.4. The number of methoxy groups -OCH3 is 2. The van der Waals surface area contributed by atoms with Gasteiger partial charge in [-0.2, -0.15) is 5.10 Å². The molecule has 0 aliphatic heterocycles. The van der Waals surface area contributed by atoms with E-state index in [1.54, 1.807) is 11.6 Å². The first-order chi connectivity index (χ1) is 11.1. The van der Waals surface area contributed by atoms with Crippen LogP contribution in [0.3, 0.4) is 0 Å². The Morgan fingerprint density at radius 3 is 2.70 bits per heavy atom. The Labute approximate surface area is 135 Å². The number of rotatable bonds is 4. The van der Waals surface area contributed by atoms with Gasteiger partial charge in [0.05, 0.1) is 20.1 Å². The van der Waals surface area contributed by atoms with Gasteiger partial charge in [-0.25, -0.2) is 9.50 Å². The van der Waals surface area contributed by atoms with E-state index in [4.69, 9.17) is 9.47 Å². The van der Waals surface area contributed by atoms with Gasteiger partial charge in [0.1, 0.15) is 5.82 Å². The Balaban J connectivity index is 1.71. The number of carbonyl (C=O) groups excluding carboxylic acids is 1. The van der Waals surface area contributed by atoms with Crippen molar-refractivity contribution in [3.05, 3.63) is 23.7 Å². The largest absolute Gasteiger partial charge is 0.493 e. The SMILES string of the molecule is COC(=O)C1CCC(Cc2cc(OC)c3nc(C)nn3c2)CC1. The molecule has 0 N–H and O–H groups in total. The first kappa shape index (κ1) is 15.8. The third kappa shape index (κ3) is 3.30. The van der Waals surface area contributed by atoms with Crippen LogP contribution >= 0.6 is 0 Å². The maximum Gasteiger partial charge on any atom is 0.308 e. The van der Waals surface area contributed by atoms with Crippen LogP contribution in [0.25, 0.3) is 5.65 Å². The van der Waals surface area contributed by atoms with Crippen molar-refractivity contribution < 1.29 is 14.3 Å². The Hall–Kier alpha value is -2.11. The van der Waals surface area contributed by atoms with Crippen molar-refractivity contribution in [2.45, 2.75) is 39.0 Å². The molecule has 6 nitrogen and oxygen atoms in total. The molecule has 0 amide bonds. The molecule has 23 heavy (non-hydrogen) atoms. The number of pyridine rings is 1. The zero-order valence-electron chi connectivity index (χ0n) is 13.9. The smallest absolute Gasteiger partial charge is 0.308 e. The fourth-order valence-electron chi connectivity index (χ4n) is 3.48. The first-order valence-corrected chi connectivity index (χ1v) is 8.08. The fraction of sp³-hybridized carbons (Fsp3) is 0.588. The van der Waals surface area contributed by atoms with E-state index in [9.17, 15) is 4.79 Å². The molecule has 6 heteroatoms. The molecule has 0 saturated heterocycles. The maximum absolute atomic E-state index is 11.6. The number of hydrogen-bond acceptors (Lipinski definition) is 5. The second-order valence-electron chi connectivity index (χ2n) is 6.29. The highest BCUT2D eigenvalue weighted by Gasteiger charge is 2.27. The van der Waals surface area contributed by atoms with Crippen molar-refractivity contribution in [1.82, 2.24) is 14.6 Å². The van der Waals surface area contributed by atoms with Crippen LogP contribution < -0.4 is 4.74 Å². The molecule has 3 rings (SSSR count). The summed E-state index contributed by atoms with van der Waals surface area (Å²) >= 11 is 0. The topological polar surface area (TPSA) is 65.7 Å². The summed E-state index contributed by atoms with van der Waals surface area (Å²) in [5.41, 5.74) is 1.95. The molecular weight excluding hydrogens is 294 g/mol. The van der Waals surface area contributed by atoms with Gasteiger partial charge in [0, 0.05) is 6.20 Å². The lowest BCUT2D eigenvalue weighted by Gasteiger charge is -2.27. The van der Waals surface area contributed by atoms with Crippen LogP contribution in [-0.2, 0) is 16.0 Å². The van der Waals surface area contributed by atoms with Gasteiger partial charge in [0.25, 0.3) is 0 Å². The summed E-state index contributed by atoms with van der Waals surface area (Å²) in [6.45, 7) is 1.88. The summed E-state index contributed by atoms with van der Waals surface area (Å²) in [5.74, 6) is 2.09. The molecule has 2 aromatic rings. The minimum atomic E-state index is -0.0652. The molecule has 1 aliphatic rings. The highest BCUT2D eigenvalue weighted by Crippen LogP contribution is 2.32. The third-order valence-corrected chi connectivity index (χ3v) is 4.69. The Morgan fingerprint density at radius 1 is 1.30 bits per heavy atom. The summed E-state index contributed by atoms with van der Waals surface area (Å²) in [6.07, 6.45) is 6.94. The molecule has 124 valence electrons. The van der Waals surface area contributed by atoms with E-state index >= 15 is 0 Å². The van der Waals surface area contributed by atoms with Crippen LogP contribution in [0.4, 0.5) is 0 Å². The van der Waals surface area contributed by atoms with Crippen molar-refractivity contribution in [3.63, 3.8) is 0 Å². The summed E-state index contributed by atoms with van der Waals surface area (Å²) in [4.78, 5) is 16.0. The number of aryl methyl sites for hydroxylation is 1. The van der Waals surface area contributed by atoms with Crippen LogP contribution in [0.5, 0.6) is 5.75 Å². The lowest BCUT2D eigenvalue weighted by atomic mass is 9.79. The van der Waals surface area contributed by atoms with Gasteiger partial charge in [-0.1, -0.05) is 0 Å². The van der Waals surface area contributed by atoms with Crippen molar-refractivity contribution in [1.29, 1.82) is 0 Å². The summed E-state index contributed by atoms with van der Waals surface area (Å²) in [7, 11) is 3.13. The predicted octanol–water partition coefficient (Wildman–Crippen LogP) is 2.57. The van der Waals surface area contributed by atoms with Crippen molar-refractivity contribution in [2.75, 3.05) is 14.2 Å². The maximum atomic E-state index is 11.6. The molecule has 0 radical (unpaired) electrons. The minimum Gasteiger partial charge on any atom is -0.493 e. The predicted molar refractivity (Wildman–Crippen MR) is 85.4 cm³/mol. The quantitative estimate of drug-likeness (QED) is 0.811. The number of esters is 1. The first-order valence-electron chi connectivity index (χ1n) is 8.08. The normalized spacial score (nSPS) is 21.3. The van der Waals surface area contributed by atoms with E-state index in [0.717, 1.165) is 49.3 Å². The molecule has 1 aliphatic carbocycles. The van der Waals surface area contributed by atoms with Gasteiger partial charge in [0.15, 0.2) is 11.4 Å². The van der Waals surface area contributed by atoms with Gasteiger partial charge in [-0.15, -0.1) is 0 Å². The van der Waals surface area contributed by atoms with E-state index in [1.165, 1.54) is 12.7 Å². The van der Waals surface area contributed by atoms with E-state index < -0.39 is 0 Å². The second kappa shape index (κ2) is 6.56. The minimum absolute atomic E-state index is 0.0652. The second-order valence-corrected chi connectivity index (χ2v) is 6.29. The van der Waals surface area contributed by atoms with Gasteiger partial charge in [0.2, 0.25) is 0 Å². The lowest BCUT2D eigenvalue weighted by Crippen LogP contribution is -2.23. The number of hydrogen-bond donors (Lipinski definition) is 0. The lowest BCUT2D eigenvalue weighted by molar-refractivity contribution is -0.146.